The molecule has 0 bridgehead atoms. The van der Waals surface area contributed by atoms with Crippen molar-refractivity contribution in [2.75, 3.05) is 0 Å². The predicted octanol–water partition coefficient (Wildman–Crippen LogP) is 4.69. The predicted molar refractivity (Wildman–Crippen MR) is 109 cm³/mol. The molecule has 3 aromatic carbocycles. The third kappa shape index (κ3) is 4.33. The number of nitrogens with zero attached hydrogens (tertiary/aromatic N) is 1. The number of benzene rings is 3. The van der Waals surface area contributed by atoms with Crippen LogP contribution in [-0.2, 0) is 22.9 Å². The maximum Gasteiger partial charge on any atom is 0.130 e. The van der Waals surface area contributed by atoms with Gasteiger partial charge < -0.3 is 0 Å². The van der Waals surface area contributed by atoms with Gasteiger partial charge in [-0.15, -0.1) is 0 Å². The molecule has 0 aliphatic carbocycles. The maximum atomic E-state index is 13.2. The molecule has 4 heteroatoms. The molecule has 136 valence electrons. The molecule has 3 aromatic rings. The summed E-state index contributed by atoms with van der Waals surface area (Å²) in [6.45, 7) is 4.39. The minimum absolute atomic E-state index is 0.552. The van der Waals surface area contributed by atoms with Crippen LogP contribution in [0.15, 0.2) is 88.7 Å². The molecule has 27 heavy (non-hydrogen) atoms. The van der Waals surface area contributed by atoms with Crippen molar-refractivity contribution in [1.29, 1.82) is 5.26 Å². The monoisotopic (exact) mass is 374 g/mol. The van der Waals surface area contributed by atoms with Crippen LogP contribution in [0.2, 0.25) is 0 Å². The van der Waals surface area contributed by atoms with Crippen LogP contribution in [0.25, 0.3) is 0 Å². The van der Waals surface area contributed by atoms with Crippen molar-refractivity contribution in [2.24, 2.45) is 0 Å². The Balaban J connectivity index is 1.94. The highest BCUT2D eigenvalue weighted by molar-refractivity contribution is 7.85. The summed E-state index contributed by atoms with van der Waals surface area (Å²) in [5.41, 5.74) is 2.00. The molecule has 0 unspecified atom stereocenters. The normalized spacial score (nSPS) is 14.1. The van der Waals surface area contributed by atoms with Gasteiger partial charge in [0.15, 0.2) is 0 Å². The summed E-state index contributed by atoms with van der Waals surface area (Å²) in [6.07, 6.45) is 0. The van der Waals surface area contributed by atoms with Crippen molar-refractivity contribution in [3.63, 3.8) is 0 Å². The van der Waals surface area contributed by atoms with E-state index in [0.717, 1.165) is 21.6 Å². The van der Waals surface area contributed by atoms with Gasteiger partial charge in [0, 0.05) is 21.9 Å². The average Bonchev–Trinajstić information content (AvgIpc) is 2.73. The van der Waals surface area contributed by atoms with Gasteiger partial charge in [-0.05, 0) is 37.6 Å². The summed E-state index contributed by atoms with van der Waals surface area (Å²) in [4.78, 5) is 1.39. The highest BCUT2D eigenvalue weighted by atomic mass is 32.2. The maximum absolute atomic E-state index is 13.2. The molecule has 2 atom stereocenters. The Morgan fingerprint density at radius 1 is 0.963 bits per heavy atom. The van der Waals surface area contributed by atoms with E-state index in [1.165, 1.54) is 0 Å². The van der Waals surface area contributed by atoms with Crippen LogP contribution < -0.4 is 5.32 Å². The molecular formula is C23H22N2OS. The molecule has 0 spiro atoms. The van der Waals surface area contributed by atoms with Crippen LogP contribution in [0, 0.1) is 18.3 Å². The van der Waals surface area contributed by atoms with Crippen molar-refractivity contribution >= 4 is 10.8 Å². The molecule has 0 radical (unpaired) electrons. The van der Waals surface area contributed by atoms with Crippen molar-refractivity contribution in [2.45, 2.75) is 35.7 Å². The van der Waals surface area contributed by atoms with E-state index in [9.17, 15) is 9.47 Å². The molecule has 0 amide bonds. The minimum Gasteiger partial charge on any atom is -0.292 e. The molecule has 0 aliphatic heterocycles. The molecule has 1 N–H and O–H groups in total. The second-order valence-corrected chi connectivity index (χ2v) is 8.10. The molecule has 0 saturated heterocycles. The largest absolute Gasteiger partial charge is 0.292 e. The minimum atomic E-state index is -1.35. The van der Waals surface area contributed by atoms with E-state index in [1.807, 2.05) is 92.7 Å². The quantitative estimate of drug-likeness (QED) is 0.681. The lowest BCUT2D eigenvalue weighted by Crippen LogP contribution is -2.38. The lowest BCUT2D eigenvalue weighted by Gasteiger charge is -2.26. The smallest absolute Gasteiger partial charge is 0.130 e. The van der Waals surface area contributed by atoms with Crippen molar-refractivity contribution < 1.29 is 4.21 Å². The first-order valence-electron chi connectivity index (χ1n) is 8.82. The number of hydrogen-bond donors (Lipinski definition) is 1. The summed E-state index contributed by atoms with van der Waals surface area (Å²) in [5.74, 6) is 0. The molecule has 0 heterocycles. The van der Waals surface area contributed by atoms with Crippen LogP contribution in [0.3, 0.4) is 0 Å². The van der Waals surface area contributed by atoms with Gasteiger partial charge in [0.25, 0.3) is 0 Å². The zero-order chi connectivity index (χ0) is 19.3. The molecule has 3 rings (SSSR count). The fourth-order valence-electron chi connectivity index (χ4n) is 2.90. The van der Waals surface area contributed by atoms with Gasteiger partial charge in [-0.1, -0.05) is 66.2 Å². The molecule has 0 fully saturated rings. The summed E-state index contributed by atoms with van der Waals surface area (Å²) in [5, 5.41) is 13.3. The Morgan fingerprint density at radius 2 is 1.59 bits per heavy atom. The first-order valence-corrected chi connectivity index (χ1v) is 9.96. The Kier molecular flexibility index (Phi) is 5.85. The zero-order valence-electron chi connectivity index (χ0n) is 15.5. The number of rotatable bonds is 6. The van der Waals surface area contributed by atoms with Gasteiger partial charge in [-0.25, -0.2) is 4.21 Å². The van der Waals surface area contributed by atoms with Crippen LogP contribution in [0.4, 0.5) is 0 Å². The van der Waals surface area contributed by atoms with E-state index >= 15 is 0 Å². The first-order chi connectivity index (χ1) is 13.0. The summed E-state index contributed by atoms with van der Waals surface area (Å²) < 4.78 is 13.2. The average molecular weight is 375 g/mol. The van der Waals surface area contributed by atoms with Crippen molar-refractivity contribution in [3.8, 4) is 6.07 Å². The van der Waals surface area contributed by atoms with E-state index in [-0.39, 0.29) is 0 Å². The molecule has 0 saturated carbocycles. The molecular weight excluding hydrogens is 352 g/mol. The molecule has 0 aliphatic rings. The van der Waals surface area contributed by atoms with E-state index in [0.29, 0.717) is 11.4 Å². The van der Waals surface area contributed by atoms with E-state index in [2.05, 4.69) is 11.4 Å². The lowest BCUT2D eigenvalue weighted by molar-refractivity contribution is 0.457. The highest BCUT2D eigenvalue weighted by Crippen LogP contribution is 2.29. The fraction of sp³-hybridized carbons (Fsp3) is 0.174. The summed E-state index contributed by atoms with van der Waals surface area (Å²) in [6, 6.07) is 27.4. The van der Waals surface area contributed by atoms with E-state index in [4.69, 9.17) is 0 Å². The standard InChI is InChI=1S/C23H22N2OS/c1-18-12-14-20(15-13-18)27(26)22-11-7-6-10-21(22)23(2,17-24)25-16-19-8-4-3-5-9-19/h3-15,25H,16H2,1-2H3/t23-,27+/m1/s1. The number of hydrogen-bond acceptors (Lipinski definition) is 3. The first kappa shape index (κ1) is 19.0. The second-order valence-electron chi connectivity index (χ2n) is 6.65. The van der Waals surface area contributed by atoms with Gasteiger partial charge in [0.05, 0.1) is 16.9 Å². The van der Waals surface area contributed by atoms with Crippen LogP contribution >= 0.6 is 0 Å². The van der Waals surface area contributed by atoms with Gasteiger partial charge in [0.1, 0.15) is 5.54 Å². The Morgan fingerprint density at radius 3 is 2.26 bits per heavy atom. The zero-order valence-corrected chi connectivity index (χ0v) is 16.3. The van der Waals surface area contributed by atoms with Crippen LogP contribution in [0.5, 0.6) is 0 Å². The SMILES string of the molecule is Cc1ccc([S@](=O)c2ccccc2[C@@](C)(C#N)NCc2ccccc2)cc1. The third-order valence-corrected chi connectivity index (χ3v) is 6.03. The Hall–Kier alpha value is -2.74. The Labute approximate surface area is 163 Å². The van der Waals surface area contributed by atoms with E-state index < -0.39 is 16.3 Å². The van der Waals surface area contributed by atoms with Gasteiger partial charge in [0.2, 0.25) is 0 Å². The second kappa shape index (κ2) is 8.30. The number of nitriles is 1. The molecule has 0 aromatic heterocycles. The highest BCUT2D eigenvalue weighted by Gasteiger charge is 2.30. The fourth-order valence-corrected chi connectivity index (χ4v) is 4.21. The summed E-state index contributed by atoms with van der Waals surface area (Å²) >= 11 is 0. The number of aryl methyl sites for hydroxylation is 1. The van der Waals surface area contributed by atoms with Gasteiger partial charge in [-0.2, -0.15) is 5.26 Å². The lowest BCUT2D eigenvalue weighted by atomic mass is 9.93. The van der Waals surface area contributed by atoms with Crippen LogP contribution in [0.1, 0.15) is 23.6 Å². The van der Waals surface area contributed by atoms with E-state index in [1.54, 1.807) is 0 Å². The topological polar surface area (TPSA) is 52.9 Å². The van der Waals surface area contributed by atoms with Crippen LogP contribution in [-0.4, -0.2) is 4.21 Å². The third-order valence-electron chi connectivity index (χ3n) is 4.57. The van der Waals surface area contributed by atoms with Crippen molar-refractivity contribution in [1.82, 2.24) is 5.32 Å². The van der Waals surface area contributed by atoms with Gasteiger partial charge >= 0.3 is 0 Å². The molecule has 3 nitrogen and oxygen atoms in total. The Bertz CT molecular complexity index is 977. The number of nitrogens with one attached hydrogen (secondary N) is 1. The van der Waals surface area contributed by atoms with Gasteiger partial charge in [-0.3, -0.25) is 5.32 Å². The summed E-state index contributed by atoms with van der Waals surface area (Å²) in [7, 11) is -1.35. The van der Waals surface area contributed by atoms with Crippen molar-refractivity contribution in [3.05, 3.63) is 95.6 Å².